The van der Waals surface area contributed by atoms with Crippen molar-refractivity contribution in [2.75, 3.05) is 5.32 Å². The number of halogens is 1. The van der Waals surface area contributed by atoms with E-state index in [1.807, 2.05) is 22.6 Å². The number of hydrogen-bond donors (Lipinski definition) is 3. The van der Waals surface area contributed by atoms with Crippen LogP contribution in [0.2, 0.25) is 0 Å². The number of phenolic OH excluding ortho intramolecular Hbond substituents is 1. The van der Waals surface area contributed by atoms with Crippen molar-refractivity contribution in [3.63, 3.8) is 0 Å². The van der Waals surface area contributed by atoms with Gasteiger partial charge in [0.25, 0.3) is 0 Å². The molecule has 0 unspecified atom stereocenters. The van der Waals surface area contributed by atoms with Crippen LogP contribution in [0.5, 0.6) is 5.75 Å². The van der Waals surface area contributed by atoms with Crippen molar-refractivity contribution in [3.8, 4) is 17.0 Å². The Morgan fingerprint density at radius 1 is 1.14 bits per heavy atom. The smallest absolute Gasteiger partial charge is 0.165 e. The number of anilines is 2. The van der Waals surface area contributed by atoms with Crippen molar-refractivity contribution in [2.45, 2.75) is 12.8 Å². The van der Waals surface area contributed by atoms with Crippen molar-refractivity contribution in [3.05, 3.63) is 71.9 Å². The van der Waals surface area contributed by atoms with Gasteiger partial charge in [0.1, 0.15) is 11.5 Å². The molecule has 138 valence electrons. The maximum Gasteiger partial charge on any atom is 0.165 e. The van der Waals surface area contributed by atoms with E-state index >= 15 is 0 Å². The maximum atomic E-state index is 13.9. The summed E-state index contributed by atoms with van der Waals surface area (Å²) in [4.78, 5) is 8.70. The highest BCUT2D eigenvalue weighted by molar-refractivity contribution is 6.02. The highest BCUT2D eigenvalue weighted by Crippen LogP contribution is 2.34. The number of imidazole rings is 1. The fourth-order valence-electron chi connectivity index (χ4n) is 3.59. The van der Waals surface area contributed by atoms with Gasteiger partial charge in [-0.05, 0) is 54.3 Å². The largest absolute Gasteiger partial charge is 0.505 e. The maximum absolute atomic E-state index is 13.9. The minimum absolute atomic E-state index is 0.398. The zero-order valence-electron chi connectivity index (χ0n) is 14.8. The Labute approximate surface area is 159 Å². The molecular formula is C21H16FN5O. The molecule has 0 radical (unpaired) electrons. The Morgan fingerprint density at radius 2 is 2.04 bits per heavy atom. The second-order valence-corrected chi connectivity index (χ2v) is 6.76. The summed E-state index contributed by atoms with van der Waals surface area (Å²) in [5.41, 5.74) is 5.40. The lowest BCUT2D eigenvalue weighted by atomic mass is 10.1. The van der Waals surface area contributed by atoms with E-state index in [1.54, 1.807) is 24.7 Å². The molecule has 2 aromatic heterocycles. The van der Waals surface area contributed by atoms with Gasteiger partial charge >= 0.3 is 0 Å². The van der Waals surface area contributed by atoms with Crippen molar-refractivity contribution in [1.29, 1.82) is 5.41 Å². The number of nitrogens with one attached hydrogen (secondary N) is 2. The Kier molecular flexibility index (Phi) is 3.61. The summed E-state index contributed by atoms with van der Waals surface area (Å²) >= 11 is 0. The first-order chi connectivity index (χ1) is 13.6. The number of nitrogens with zero attached hydrogens (tertiary/aromatic N) is 3. The van der Waals surface area contributed by atoms with Crippen LogP contribution in [0.1, 0.15) is 17.5 Å². The van der Waals surface area contributed by atoms with Gasteiger partial charge in [0.05, 0.1) is 6.20 Å². The van der Waals surface area contributed by atoms with Crippen LogP contribution in [-0.2, 0) is 6.42 Å². The second kappa shape index (κ2) is 6.16. The zero-order chi connectivity index (χ0) is 19.3. The number of phenols is 1. The minimum atomic E-state index is -0.699. The molecule has 7 heteroatoms. The first-order valence-electron chi connectivity index (χ1n) is 8.89. The van der Waals surface area contributed by atoms with E-state index in [2.05, 4.69) is 15.3 Å². The Bertz CT molecular complexity index is 1250. The first-order valence-corrected chi connectivity index (χ1v) is 8.89. The SMILES string of the molecule is N=C1CCc2cc(Nc3c(-c4ccc(O)c(F)c4)nc4cnccn34)ccc21. The van der Waals surface area contributed by atoms with Crippen LogP contribution in [0.4, 0.5) is 15.9 Å². The summed E-state index contributed by atoms with van der Waals surface area (Å²) in [5.74, 6) is -0.421. The molecule has 2 aromatic carbocycles. The van der Waals surface area contributed by atoms with Crippen LogP contribution in [0.15, 0.2) is 55.0 Å². The highest BCUT2D eigenvalue weighted by Gasteiger charge is 2.19. The zero-order valence-corrected chi connectivity index (χ0v) is 14.8. The number of rotatable bonds is 3. The van der Waals surface area contributed by atoms with Crippen molar-refractivity contribution in [2.24, 2.45) is 0 Å². The lowest BCUT2D eigenvalue weighted by molar-refractivity contribution is 0.432. The van der Waals surface area contributed by atoms with Crippen LogP contribution in [-0.4, -0.2) is 25.2 Å². The molecular weight excluding hydrogens is 357 g/mol. The summed E-state index contributed by atoms with van der Waals surface area (Å²) in [6.07, 6.45) is 6.70. The molecule has 28 heavy (non-hydrogen) atoms. The van der Waals surface area contributed by atoms with Crippen LogP contribution >= 0.6 is 0 Å². The molecule has 0 saturated carbocycles. The predicted octanol–water partition coefficient (Wildman–Crippen LogP) is 4.30. The van der Waals surface area contributed by atoms with Crippen LogP contribution < -0.4 is 5.32 Å². The third-order valence-electron chi connectivity index (χ3n) is 4.99. The topological polar surface area (TPSA) is 86.3 Å². The average molecular weight is 373 g/mol. The van der Waals surface area contributed by atoms with Crippen molar-refractivity contribution >= 4 is 22.9 Å². The van der Waals surface area contributed by atoms with E-state index in [0.717, 1.165) is 29.7 Å². The minimum Gasteiger partial charge on any atom is -0.505 e. The molecule has 0 atom stereocenters. The average Bonchev–Trinajstić information content (AvgIpc) is 3.25. The van der Waals surface area contributed by atoms with Crippen LogP contribution in [0.25, 0.3) is 16.9 Å². The quantitative estimate of drug-likeness (QED) is 0.500. The molecule has 0 aliphatic heterocycles. The van der Waals surface area contributed by atoms with Gasteiger partial charge < -0.3 is 15.8 Å². The van der Waals surface area contributed by atoms with Crippen molar-refractivity contribution < 1.29 is 9.50 Å². The summed E-state index contributed by atoms with van der Waals surface area (Å²) in [7, 11) is 0. The fourth-order valence-corrected chi connectivity index (χ4v) is 3.59. The summed E-state index contributed by atoms with van der Waals surface area (Å²) in [6.45, 7) is 0. The van der Waals surface area contributed by atoms with E-state index in [1.165, 1.54) is 12.1 Å². The standard InChI is InChI=1S/C21H16FN5O/c22-16-10-13(2-6-18(16)28)20-21(27-8-7-24-11-19(27)26-20)25-14-3-4-15-12(9-14)1-5-17(15)23/h2-4,6-11,23,25,28H,1,5H2. The molecule has 6 nitrogen and oxygen atoms in total. The number of aryl methyl sites for hydroxylation is 1. The molecule has 2 heterocycles. The molecule has 0 amide bonds. The van der Waals surface area contributed by atoms with Gasteiger partial charge in [-0.15, -0.1) is 0 Å². The lowest BCUT2D eigenvalue weighted by Gasteiger charge is -2.11. The molecule has 1 aliphatic rings. The number of aromatic nitrogens is 3. The van der Waals surface area contributed by atoms with E-state index in [4.69, 9.17) is 5.41 Å². The third-order valence-corrected chi connectivity index (χ3v) is 4.99. The fraction of sp³-hybridized carbons (Fsp3) is 0.0952. The molecule has 1 aliphatic carbocycles. The van der Waals surface area contributed by atoms with E-state index in [0.29, 0.717) is 28.4 Å². The van der Waals surface area contributed by atoms with Gasteiger partial charge in [0.2, 0.25) is 0 Å². The third kappa shape index (κ3) is 2.60. The normalized spacial score (nSPS) is 13.1. The molecule has 5 rings (SSSR count). The monoisotopic (exact) mass is 373 g/mol. The lowest BCUT2D eigenvalue weighted by Crippen LogP contribution is -1.99. The first kappa shape index (κ1) is 16.4. The summed E-state index contributed by atoms with van der Waals surface area (Å²) < 4.78 is 15.8. The van der Waals surface area contributed by atoms with E-state index in [9.17, 15) is 9.50 Å². The van der Waals surface area contributed by atoms with Crippen LogP contribution in [0.3, 0.4) is 0 Å². The van der Waals surface area contributed by atoms with Gasteiger partial charge in [0, 0.05) is 29.4 Å². The molecule has 0 spiro atoms. The molecule has 3 N–H and O–H groups in total. The molecule has 0 fully saturated rings. The number of fused-ring (bicyclic) bond motifs is 2. The van der Waals surface area contributed by atoms with Gasteiger partial charge in [-0.3, -0.25) is 9.38 Å². The summed E-state index contributed by atoms with van der Waals surface area (Å²) in [5, 5.41) is 20.9. The Balaban J connectivity index is 1.64. The van der Waals surface area contributed by atoms with E-state index in [-0.39, 0.29) is 0 Å². The molecule has 0 saturated heterocycles. The summed E-state index contributed by atoms with van der Waals surface area (Å²) in [6, 6.07) is 10.1. The molecule has 4 aromatic rings. The van der Waals surface area contributed by atoms with Gasteiger partial charge in [-0.25, -0.2) is 9.37 Å². The predicted molar refractivity (Wildman–Crippen MR) is 105 cm³/mol. The Morgan fingerprint density at radius 3 is 2.89 bits per heavy atom. The van der Waals surface area contributed by atoms with Gasteiger partial charge in [0.15, 0.2) is 17.2 Å². The van der Waals surface area contributed by atoms with Gasteiger partial charge in [-0.2, -0.15) is 0 Å². The molecule has 0 bridgehead atoms. The van der Waals surface area contributed by atoms with Crippen LogP contribution in [0, 0.1) is 11.2 Å². The van der Waals surface area contributed by atoms with E-state index < -0.39 is 11.6 Å². The highest BCUT2D eigenvalue weighted by atomic mass is 19.1. The van der Waals surface area contributed by atoms with Gasteiger partial charge in [-0.1, -0.05) is 6.07 Å². The Hall–Kier alpha value is -3.74. The number of benzene rings is 2. The van der Waals surface area contributed by atoms with Crippen molar-refractivity contribution in [1.82, 2.24) is 14.4 Å². The number of hydrogen-bond acceptors (Lipinski definition) is 5. The second-order valence-electron chi connectivity index (χ2n) is 6.76. The number of aromatic hydroxyl groups is 1.